The molecule has 0 saturated heterocycles. The van der Waals surface area contributed by atoms with Crippen LogP contribution in [0.5, 0.6) is 0 Å². The second kappa shape index (κ2) is 10.7. The molecule has 0 bridgehead atoms. The molecule has 2 aromatic rings. The summed E-state index contributed by atoms with van der Waals surface area (Å²) in [4.78, 5) is 0.260. The van der Waals surface area contributed by atoms with Crippen molar-refractivity contribution in [3.63, 3.8) is 0 Å². The third-order valence-corrected chi connectivity index (χ3v) is 7.35. The predicted molar refractivity (Wildman–Crippen MR) is 134 cm³/mol. The van der Waals surface area contributed by atoms with Gasteiger partial charge in [-0.25, -0.2) is 0 Å². The molecule has 0 radical (unpaired) electrons. The van der Waals surface area contributed by atoms with Gasteiger partial charge in [-0.3, -0.25) is 4.28 Å². The van der Waals surface area contributed by atoms with Gasteiger partial charge in [0.2, 0.25) is 0 Å². The normalized spacial score (nSPS) is 13.8. The minimum atomic E-state index is -4.07. The molecule has 0 amide bonds. The molecule has 176 valence electrons. The zero-order chi connectivity index (χ0) is 24.2. The summed E-state index contributed by atoms with van der Waals surface area (Å²) in [6.07, 6.45) is 1.07. The van der Waals surface area contributed by atoms with Gasteiger partial charge in [-0.05, 0) is 64.8 Å². The Kier molecular flexibility index (Phi) is 8.69. The minimum absolute atomic E-state index is 0.0396. The largest absolute Gasteiger partial charge is 0.359 e. The average Bonchev–Trinajstić information content (AvgIpc) is 2.75. The number of oxime groups is 1. The molecule has 0 heterocycles. The molecule has 32 heavy (non-hydrogen) atoms. The van der Waals surface area contributed by atoms with Crippen LogP contribution in [0.2, 0.25) is 0 Å². The number of hydrogen-bond donors (Lipinski definition) is 0. The van der Waals surface area contributed by atoms with Crippen molar-refractivity contribution in [3.8, 4) is 0 Å². The van der Waals surface area contributed by atoms with Crippen molar-refractivity contribution in [1.29, 1.82) is 0 Å². The number of benzene rings is 2. The van der Waals surface area contributed by atoms with Gasteiger partial charge >= 0.3 is 10.1 Å². The first-order valence-electron chi connectivity index (χ1n) is 11.6. The molecule has 0 aliphatic carbocycles. The molecular formula is C27H39NO3S. The van der Waals surface area contributed by atoms with E-state index in [4.69, 9.17) is 4.28 Å². The van der Waals surface area contributed by atoms with E-state index < -0.39 is 10.1 Å². The van der Waals surface area contributed by atoms with Gasteiger partial charge in [0.05, 0.1) is 5.71 Å². The third-order valence-electron chi connectivity index (χ3n) is 6.11. The number of hydrogen-bond acceptors (Lipinski definition) is 4. The van der Waals surface area contributed by atoms with E-state index in [-0.39, 0.29) is 16.7 Å². The smallest absolute Gasteiger partial charge is 0.264 e. The second-order valence-corrected chi connectivity index (χ2v) is 11.1. The summed E-state index contributed by atoms with van der Waals surface area (Å²) >= 11 is 0. The standard InChI is InChI=1S/C27H39NO3S/c1-10-20(8)22-11-13-23(14-12-22)21(9)28-31-32(29,30)27-25(18(4)5)15-24(17(2)3)16-26(27)19(6)7/h11-20H,10H2,1-9H3/b28-21-. The Morgan fingerprint density at radius 1 is 0.844 bits per heavy atom. The Balaban J connectivity index is 2.47. The molecule has 0 aliphatic rings. The number of nitrogens with zero attached hydrogens (tertiary/aromatic N) is 1. The van der Waals surface area contributed by atoms with Gasteiger partial charge in [-0.2, -0.15) is 8.42 Å². The van der Waals surface area contributed by atoms with Gasteiger partial charge in [0.1, 0.15) is 4.90 Å². The molecule has 0 saturated carbocycles. The van der Waals surface area contributed by atoms with E-state index in [0.29, 0.717) is 17.5 Å². The van der Waals surface area contributed by atoms with E-state index in [0.717, 1.165) is 28.7 Å². The molecule has 2 rings (SSSR count). The molecule has 0 spiro atoms. The molecule has 1 atom stereocenters. The van der Waals surface area contributed by atoms with Gasteiger partial charge in [0, 0.05) is 0 Å². The quantitative estimate of drug-likeness (QED) is 0.286. The summed E-state index contributed by atoms with van der Waals surface area (Å²) in [5.41, 5.74) is 5.33. The van der Waals surface area contributed by atoms with Crippen molar-refractivity contribution in [2.45, 2.75) is 97.3 Å². The van der Waals surface area contributed by atoms with Gasteiger partial charge < -0.3 is 0 Å². The van der Waals surface area contributed by atoms with Crippen molar-refractivity contribution in [1.82, 2.24) is 0 Å². The first-order chi connectivity index (χ1) is 14.9. The zero-order valence-corrected chi connectivity index (χ0v) is 21.9. The molecular weight excluding hydrogens is 418 g/mol. The fourth-order valence-electron chi connectivity index (χ4n) is 3.66. The Labute approximate surface area is 195 Å². The lowest BCUT2D eigenvalue weighted by Gasteiger charge is -2.21. The maximum absolute atomic E-state index is 13.4. The molecule has 0 N–H and O–H groups in total. The van der Waals surface area contributed by atoms with Crippen molar-refractivity contribution < 1.29 is 12.7 Å². The molecule has 0 aromatic heterocycles. The van der Waals surface area contributed by atoms with Crippen LogP contribution in [0.1, 0.15) is 120 Å². The highest BCUT2D eigenvalue weighted by Gasteiger charge is 2.28. The van der Waals surface area contributed by atoms with E-state index >= 15 is 0 Å². The molecule has 2 aromatic carbocycles. The second-order valence-electron chi connectivity index (χ2n) is 9.63. The summed E-state index contributed by atoms with van der Waals surface area (Å²) in [7, 11) is -4.07. The lowest BCUT2D eigenvalue weighted by molar-refractivity contribution is 0.337. The summed E-state index contributed by atoms with van der Waals surface area (Å²) in [5.74, 6) is 0.868. The highest BCUT2D eigenvalue weighted by Crippen LogP contribution is 2.36. The lowest BCUT2D eigenvalue weighted by atomic mass is 9.89. The molecule has 0 fully saturated rings. The predicted octanol–water partition coefficient (Wildman–Crippen LogP) is 7.70. The van der Waals surface area contributed by atoms with E-state index in [2.05, 4.69) is 45.0 Å². The van der Waals surface area contributed by atoms with Gasteiger partial charge in [0.25, 0.3) is 0 Å². The van der Waals surface area contributed by atoms with Crippen LogP contribution in [0, 0.1) is 0 Å². The van der Waals surface area contributed by atoms with Crippen LogP contribution in [-0.4, -0.2) is 14.1 Å². The van der Waals surface area contributed by atoms with Gasteiger partial charge in [-0.1, -0.05) is 96.9 Å². The van der Waals surface area contributed by atoms with E-state index in [1.807, 2.05) is 52.0 Å². The average molecular weight is 458 g/mol. The Bertz CT molecular complexity index is 1020. The Morgan fingerprint density at radius 2 is 1.34 bits per heavy atom. The topological polar surface area (TPSA) is 55.7 Å². The van der Waals surface area contributed by atoms with Crippen molar-refractivity contribution >= 4 is 15.8 Å². The minimum Gasteiger partial charge on any atom is -0.264 e. The number of rotatable bonds is 9. The van der Waals surface area contributed by atoms with E-state index in [1.165, 1.54) is 5.56 Å². The Morgan fingerprint density at radius 3 is 1.75 bits per heavy atom. The van der Waals surface area contributed by atoms with Gasteiger partial charge in [-0.15, -0.1) is 0 Å². The highest BCUT2D eigenvalue weighted by atomic mass is 32.2. The van der Waals surface area contributed by atoms with Crippen LogP contribution in [-0.2, 0) is 14.4 Å². The molecule has 5 heteroatoms. The highest BCUT2D eigenvalue weighted by molar-refractivity contribution is 7.86. The van der Waals surface area contributed by atoms with Crippen LogP contribution in [0.25, 0.3) is 0 Å². The molecule has 4 nitrogen and oxygen atoms in total. The fraction of sp³-hybridized carbons (Fsp3) is 0.519. The maximum Gasteiger partial charge on any atom is 0.359 e. The van der Waals surface area contributed by atoms with Crippen molar-refractivity contribution in [2.24, 2.45) is 5.16 Å². The molecule has 1 unspecified atom stereocenters. The van der Waals surface area contributed by atoms with Crippen LogP contribution >= 0.6 is 0 Å². The lowest BCUT2D eigenvalue weighted by Crippen LogP contribution is -2.14. The summed E-state index contributed by atoms with van der Waals surface area (Å²) in [6, 6.07) is 12.1. The Hall–Kier alpha value is -2.14. The van der Waals surface area contributed by atoms with E-state index in [9.17, 15) is 8.42 Å². The van der Waals surface area contributed by atoms with Gasteiger partial charge in [0.15, 0.2) is 0 Å². The van der Waals surface area contributed by atoms with Crippen molar-refractivity contribution in [2.75, 3.05) is 0 Å². The fourth-order valence-corrected chi connectivity index (χ4v) is 5.11. The first kappa shape index (κ1) is 26.1. The molecule has 0 aliphatic heterocycles. The zero-order valence-electron chi connectivity index (χ0n) is 21.1. The maximum atomic E-state index is 13.4. The van der Waals surface area contributed by atoms with Crippen LogP contribution in [0.3, 0.4) is 0 Å². The monoisotopic (exact) mass is 457 g/mol. The van der Waals surface area contributed by atoms with Crippen LogP contribution in [0.15, 0.2) is 46.4 Å². The van der Waals surface area contributed by atoms with Crippen molar-refractivity contribution in [3.05, 3.63) is 64.2 Å². The third kappa shape index (κ3) is 6.00. The summed E-state index contributed by atoms with van der Waals surface area (Å²) in [5, 5.41) is 4.02. The van der Waals surface area contributed by atoms with E-state index in [1.54, 1.807) is 6.92 Å². The van der Waals surface area contributed by atoms with Crippen LogP contribution < -0.4 is 0 Å². The first-order valence-corrected chi connectivity index (χ1v) is 13.1. The summed E-state index contributed by atoms with van der Waals surface area (Å²) < 4.78 is 32.0. The SMILES string of the molecule is CCC(C)c1ccc(/C(C)=N\OS(=O)(=O)c2c(C(C)C)cc(C(C)C)cc2C(C)C)cc1. The van der Waals surface area contributed by atoms with Crippen LogP contribution in [0.4, 0.5) is 0 Å². The summed E-state index contributed by atoms with van der Waals surface area (Å²) in [6.45, 7) is 18.4.